The molecule has 39 heavy (non-hydrogen) atoms. The van der Waals surface area contributed by atoms with Gasteiger partial charge in [0.2, 0.25) is 0 Å². The maximum Gasteiger partial charge on any atom is 0.337 e. The van der Waals surface area contributed by atoms with Gasteiger partial charge in [-0.25, -0.2) is 0 Å². The molecule has 0 aromatic heterocycles. The highest BCUT2D eigenvalue weighted by Gasteiger charge is 2.42. The van der Waals surface area contributed by atoms with Gasteiger partial charge < -0.3 is 23.3 Å². The van der Waals surface area contributed by atoms with E-state index in [4.69, 9.17) is 23.3 Å². The van der Waals surface area contributed by atoms with Crippen LogP contribution in [-0.2, 0) is 57.2 Å². The highest BCUT2D eigenvalue weighted by Crippen LogP contribution is 2.46. The monoisotopic (exact) mass is 554 g/mol. The Bertz CT molecular complexity index is 1200. The van der Waals surface area contributed by atoms with Crippen molar-refractivity contribution in [2.24, 2.45) is 0 Å². The van der Waals surface area contributed by atoms with Crippen molar-refractivity contribution in [3.8, 4) is 0 Å². The number of rotatable bonds is 17. The predicted octanol–water partition coefficient (Wildman–Crippen LogP) is 5.39. The third-order valence-corrected chi connectivity index (χ3v) is 7.86. The molecule has 0 saturated heterocycles. The molecule has 0 unspecified atom stereocenters. The van der Waals surface area contributed by atoms with E-state index >= 15 is 0 Å². The number of carbonyl (C=O) groups excluding carboxylic acids is 2. The van der Waals surface area contributed by atoms with Crippen LogP contribution in [0.2, 0.25) is 0 Å². The Labute approximate surface area is 229 Å². The number of ether oxygens (including phenoxy) is 3. The molecule has 0 N–H and O–H groups in total. The van der Waals surface area contributed by atoms with Gasteiger partial charge in [0.05, 0.1) is 19.8 Å². The molecule has 0 aliphatic rings. The highest BCUT2D eigenvalue weighted by molar-refractivity contribution is 7.54. The van der Waals surface area contributed by atoms with Crippen LogP contribution in [0, 0.1) is 0 Å². The molecule has 0 amide bonds. The summed E-state index contributed by atoms with van der Waals surface area (Å²) in [4.78, 5) is 26.6. The summed E-state index contributed by atoms with van der Waals surface area (Å²) < 4.78 is 41.3. The lowest BCUT2D eigenvalue weighted by Gasteiger charge is -2.32. The van der Waals surface area contributed by atoms with Crippen LogP contribution in [0.4, 0.5) is 0 Å². The fourth-order valence-corrected chi connectivity index (χ4v) is 4.89. The van der Waals surface area contributed by atoms with E-state index in [1.54, 1.807) is 0 Å². The van der Waals surface area contributed by atoms with Crippen LogP contribution in [-0.4, -0.2) is 50.3 Å². The number of Topliss-reactive ketones (excluding diaryl/α,β-unsaturated/α-hetero) is 2. The summed E-state index contributed by atoms with van der Waals surface area (Å²) >= 11 is 0. The first-order valence-electron chi connectivity index (χ1n) is 12.6. The van der Waals surface area contributed by atoms with E-state index in [1.807, 2.05) is 91.0 Å². The molecule has 0 fully saturated rings. The maximum absolute atomic E-state index is 13.6. The van der Waals surface area contributed by atoms with E-state index in [0.29, 0.717) is 0 Å². The zero-order chi connectivity index (χ0) is 28.1. The minimum atomic E-state index is -3.73. The first-order chi connectivity index (χ1) is 18.8. The molecule has 3 aromatic carbocycles. The SMILES string of the molecule is COP(=O)(CC(=O)[C@@H](OCc1ccccc1)[C@H](OCc1ccccc1)[C@H](OCc1ccccc1)C(C)=O)OC. The molecule has 9 heteroatoms. The van der Waals surface area contributed by atoms with Gasteiger partial charge in [-0.1, -0.05) is 91.0 Å². The highest BCUT2D eigenvalue weighted by atomic mass is 31.2. The van der Waals surface area contributed by atoms with Gasteiger partial charge in [-0.3, -0.25) is 14.2 Å². The quantitative estimate of drug-likeness (QED) is 0.205. The van der Waals surface area contributed by atoms with Crippen molar-refractivity contribution in [3.63, 3.8) is 0 Å². The second kappa shape index (κ2) is 15.6. The molecular formula is C30H35O8P. The molecule has 0 bridgehead atoms. The third kappa shape index (κ3) is 9.62. The van der Waals surface area contributed by atoms with E-state index in [0.717, 1.165) is 16.7 Å². The number of carbonyl (C=O) groups is 2. The van der Waals surface area contributed by atoms with E-state index in [2.05, 4.69) is 0 Å². The van der Waals surface area contributed by atoms with Crippen LogP contribution in [0.3, 0.4) is 0 Å². The van der Waals surface area contributed by atoms with E-state index in [9.17, 15) is 14.2 Å². The van der Waals surface area contributed by atoms with Crippen molar-refractivity contribution in [1.82, 2.24) is 0 Å². The van der Waals surface area contributed by atoms with Crippen LogP contribution in [0.25, 0.3) is 0 Å². The lowest BCUT2D eigenvalue weighted by molar-refractivity contribution is -0.171. The topological polar surface area (TPSA) is 97.4 Å². The minimum Gasteiger partial charge on any atom is -0.367 e. The van der Waals surface area contributed by atoms with Gasteiger partial charge in [0.25, 0.3) is 0 Å². The second-order valence-corrected chi connectivity index (χ2v) is 11.2. The first kappa shape index (κ1) is 30.6. The smallest absolute Gasteiger partial charge is 0.337 e. The van der Waals surface area contributed by atoms with Crippen molar-refractivity contribution in [3.05, 3.63) is 108 Å². The van der Waals surface area contributed by atoms with Crippen LogP contribution >= 0.6 is 7.60 Å². The van der Waals surface area contributed by atoms with Gasteiger partial charge in [0.1, 0.15) is 24.5 Å². The van der Waals surface area contributed by atoms with Gasteiger partial charge >= 0.3 is 7.60 Å². The minimum absolute atomic E-state index is 0.0516. The summed E-state index contributed by atoms with van der Waals surface area (Å²) in [5.74, 6) is -0.933. The maximum atomic E-state index is 13.6. The molecule has 8 nitrogen and oxygen atoms in total. The lowest BCUT2D eigenvalue weighted by atomic mass is 10.0. The standard InChI is InChI=1S/C30H35O8P/c1-23(31)28(36-19-24-13-7-4-8-14-24)30(38-21-26-17-11-6-12-18-26)29(27(32)22-39(33,34-2)35-3)37-20-25-15-9-5-10-16-25/h4-18,28-30H,19-22H2,1-3H3/t28-,29-,30-/m1/s1. The molecule has 0 aliphatic carbocycles. The summed E-state index contributed by atoms with van der Waals surface area (Å²) in [5.41, 5.74) is 2.49. The second-order valence-electron chi connectivity index (χ2n) is 8.91. The Morgan fingerprint density at radius 1 is 0.641 bits per heavy atom. The average Bonchev–Trinajstić information content (AvgIpc) is 2.97. The number of ketones is 2. The summed E-state index contributed by atoms with van der Waals surface area (Å²) in [6.07, 6.45) is -4.17. The fraction of sp³-hybridized carbons (Fsp3) is 0.333. The van der Waals surface area contributed by atoms with Gasteiger partial charge in [-0.05, 0) is 23.6 Å². The van der Waals surface area contributed by atoms with Crippen molar-refractivity contribution < 1.29 is 37.4 Å². The van der Waals surface area contributed by atoms with Crippen molar-refractivity contribution in [2.75, 3.05) is 20.4 Å². The molecule has 0 saturated carbocycles. The summed E-state index contributed by atoms with van der Waals surface area (Å²) in [7, 11) is -1.31. The Hall–Kier alpha value is -2.97. The van der Waals surface area contributed by atoms with Crippen molar-refractivity contribution >= 4 is 19.2 Å². The van der Waals surface area contributed by atoms with E-state index in [1.165, 1.54) is 21.1 Å². The largest absolute Gasteiger partial charge is 0.367 e. The van der Waals surface area contributed by atoms with Gasteiger partial charge in [-0.2, -0.15) is 0 Å². The van der Waals surface area contributed by atoms with Gasteiger partial charge in [-0.15, -0.1) is 0 Å². The van der Waals surface area contributed by atoms with Crippen molar-refractivity contribution in [2.45, 2.75) is 45.1 Å². The van der Waals surface area contributed by atoms with Crippen molar-refractivity contribution in [1.29, 1.82) is 0 Å². The molecule has 0 aliphatic heterocycles. The summed E-state index contributed by atoms with van der Waals surface area (Å²) in [5, 5.41) is 0. The van der Waals surface area contributed by atoms with E-state index < -0.39 is 37.9 Å². The van der Waals surface area contributed by atoms with Crippen LogP contribution in [0.15, 0.2) is 91.0 Å². The number of hydrogen-bond acceptors (Lipinski definition) is 8. The first-order valence-corrected chi connectivity index (χ1v) is 14.3. The molecule has 208 valence electrons. The van der Waals surface area contributed by atoms with Gasteiger partial charge in [0.15, 0.2) is 11.6 Å². The third-order valence-electron chi connectivity index (χ3n) is 6.05. The number of hydrogen-bond donors (Lipinski definition) is 0. The van der Waals surface area contributed by atoms with Gasteiger partial charge in [0, 0.05) is 14.2 Å². The summed E-state index contributed by atoms with van der Waals surface area (Å²) in [6, 6.07) is 28.0. The molecule has 0 spiro atoms. The zero-order valence-electron chi connectivity index (χ0n) is 22.4. The Morgan fingerprint density at radius 2 is 1.03 bits per heavy atom. The van der Waals surface area contributed by atoms with Crippen LogP contribution < -0.4 is 0 Å². The van der Waals surface area contributed by atoms with Crippen LogP contribution in [0.5, 0.6) is 0 Å². The van der Waals surface area contributed by atoms with E-state index in [-0.39, 0.29) is 25.6 Å². The fourth-order valence-electron chi connectivity index (χ4n) is 3.92. The molecule has 0 heterocycles. The van der Waals surface area contributed by atoms with Crippen LogP contribution in [0.1, 0.15) is 23.6 Å². The molecule has 3 aromatic rings. The molecular weight excluding hydrogens is 519 g/mol. The lowest BCUT2D eigenvalue weighted by Crippen LogP contribution is -2.50. The Balaban J connectivity index is 1.95. The predicted molar refractivity (Wildman–Crippen MR) is 147 cm³/mol. The molecule has 3 atom stereocenters. The number of benzene rings is 3. The Kier molecular flexibility index (Phi) is 12.2. The zero-order valence-corrected chi connectivity index (χ0v) is 23.3. The molecule has 0 radical (unpaired) electrons. The average molecular weight is 555 g/mol. The Morgan fingerprint density at radius 3 is 1.41 bits per heavy atom. The molecule has 3 rings (SSSR count). The normalized spacial score (nSPS) is 13.9. The summed E-state index contributed by atoms with van der Waals surface area (Å²) in [6.45, 7) is 1.64.